The lowest BCUT2D eigenvalue weighted by molar-refractivity contribution is -0.136. The second-order valence-corrected chi connectivity index (χ2v) is 7.51. The molecule has 4 nitrogen and oxygen atoms in total. The fraction of sp³-hybridized carbons (Fsp3) is 0.318. The third kappa shape index (κ3) is 3.33. The number of rotatable bonds is 4. The molecule has 0 spiro atoms. The van der Waals surface area contributed by atoms with Crippen LogP contribution in [0.4, 0.5) is 30.2 Å². The first kappa shape index (κ1) is 21.8. The molecule has 0 unspecified atom stereocenters. The van der Waals surface area contributed by atoms with Crippen LogP contribution in [0.5, 0.6) is 0 Å². The molecule has 3 rings (SSSR count). The van der Waals surface area contributed by atoms with Gasteiger partial charge in [-0.25, -0.2) is 4.85 Å². The van der Waals surface area contributed by atoms with Crippen LogP contribution in [0.1, 0.15) is 37.8 Å². The molecule has 8 heteroatoms. The normalized spacial score (nSPS) is 16.2. The largest absolute Gasteiger partial charge is 0.407 e. The second-order valence-electron chi connectivity index (χ2n) is 7.14. The topological polar surface area (TPSA) is 27.9 Å². The summed E-state index contributed by atoms with van der Waals surface area (Å²) >= 11 is 5.60. The van der Waals surface area contributed by atoms with E-state index in [0.29, 0.717) is 18.5 Å². The number of carbonyl (C=O) groups is 1. The number of carbonyl (C=O) groups excluding carboxylic acids is 1. The smallest absolute Gasteiger partial charge is 0.303 e. The number of halogens is 3. The molecule has 1 saturated heterocycles. The molecular formula is C22H20F3N3OS. The van der Waals surface area contributed by atoms with E-state index in [0.717, 1.165) is 22.6 Å². The van der Waals surface area contributed by atoms with Crippen molar-refractivity contribution < 1.29 is 18.0 Å². The number of thiocarbonyl (C=S) groups is 1. The van der Waals surface area contributed by atoms with Gasteiger partial charge in [0.2, 0.25) is 0 Å². The molecule has 0 atom stereocenters. The Balaban J connectivity index is 2.18. The molecule has 30 heavy (non-hydrogen) atoms. The summed E-state index contributed by atoms with van der Waals surface area (Å²) in [5.41, 5.74) is -0.849. The van der Waals surface area contributed by atoms with E-state index < -0.39 is 23.0 Å². The van der Waals surface area contributed by atoms with E-state index in [9.17, 15) is 18.0 Å². The van der Waals surface area contributed by atoms with Gasteiger partial charge < -0.3 is 4.90 Å². The van der Waals surface area contributed by atoms with Crippen molar-refractivity contribution in [2.75, 3.05) is 9.80 Å². The maximum absolute atomic E-state index is 13.5. The van der Waals surface area contributed by atoms with Crippen LogP contribution in [0.25, 0.3) is 4.85 Å². The lowest BCUT2D eigenvalue weighted by atomic mass is 9.90. The average Bonchev–Trinajstić information content (AvgIpc) is 2.94. The van der Waals surface area contributed by atoms with Gasteiger partial charge in [0.05, 0.1) is 12.1 Å². The summed E-state index contributed by atoms with van der Waals surface area (Å²) in [6.07, 6.45) is -3.86. The number of aryl methyl sites for hydroxylation is 1. The fourth-order valence-electron chi connectivity index (χ4n) is 3.81. The first-order valence-corrected chi connectivity index (χ1v) is 9.85. The van der Waals surface area contributed by atoms with E-state index in [4.69, 9.17) is 18.8 Å². The Morgan fingerprint density at radius 1 is 1.07 bits per heavy atom. The minimum absolute atomic E-state index is 0.00520. The zero-order valence-corrected chi connectivity index (χ0v) is 17.6. The highest BCUT2D eigenvalue weighted by molar-refractivity contribution is 7.81. The van der Waals surface area contributed by atoms with E-state index in [1.807, 2.05) is 45.0 Å². The molecule has 0 aliphatic carbocycles. The van der Waals surface area contributed by atoms with Crippen molar-refractivity contribution in [2.45, 2.75) is 45.3 Å². The van der Waals surface area contributed by atoms with Crippen molar-refractivity contribution >= 4 is 40.3 Å². The molecule has 0 bridgehead atoms. The highest BCUT2D eigenvalue weighted by atomic mass is 32.1. The molecule has 1 fully saturated rings. The molecule has 0 saturated carbocycles. The van der Waals surface area contributed by atoms with Crippen LogP contribution >= 0.6 is 12.2 Å². The number of hydrogen-bond donors (Lipinski definition) is 0. The number of nitrogens with zero attached hydrogens (tertiary/aromatic N) is 3. The van der Waals surface area contributed by atoms with E-state index in [1.165, 1.54) is 6.07 Å². The van der Waals surface area contributed by atoms with Crippen molar-refractivity contribution in [2.24, 2.45) is 0 Å². The number of anilines is 2. The molecule has 1 amide bonds. The standard InChI is InChI=1S/C22H20F3N3OS/c1-5-21(6-2)19(29)27(20(30)28(21)15-9-7-14(3)8-10-15)16-11-12-18(26-4)17(13-16)22(23,24)25/h7-13H,5-6H2,1-3H3. The van der Waals surface area contributed by atoms with Crippen molar-refractivity contribution in [1.29, 1.82) is 0 Å². The van der Waals surface area contributed by atoms with Gasteiger partial charge >= 0.3 is 6.18 Å². The first-order valence-electron chi connectivity index (χ1n) is 9.44. The maximum Gasteiger partial charge on any atom is 0.407 e. The Morgan fingerprint density at radius 2 is 1.63 bits per heavy atom. The number of benzene rings is 2. The van der Waals surface area contributed by atoms with Crippen LogP contribution in [0, 0.1) is 13.5 Å². The number of amides is 1. The fourth-order valence-corrected chi connectivity index (χ4v) is 4.28. The molecule has 1 aliphatic rings. The third-order valence-electron chi connectivity index (χ3n) is 5.54. The van der Waals surface area contributed by atoms with Gasteiger partial charge in [-0.15, -0.1) is 0 Å². The minimum Gasteiger partial charge on any atom is -0.303 e. The van der Waals surface area contributed by atoms with E-state index in [1.54, 1.807) is 4.90 Å². The Labute approximate surface area is 178 Å². The Kier molecular flexibility index (Phi) is 5.61. The van der Waals surface area contributed by atoms with Gasteiger partial charge in [-0.05, 0) is 56.2 Å². The first-order chi connectivity index (χ1) is 14.1. The minimum atomic E-state index is -4.72. The van der Waals surface area contributed by atoms with Gasteiger partial charge in [-0.3, -0.25) is 9.69 Å². The molecule has 1 aliphatic heterocycles. The molecule has 0 radical (unpaired) electrons. The second kappa shape index (κ2) is 7.73. The highest BCUT2D eigenvalue weighted by Gasteiger charge is 2.54. The summed E-state index contributed by atoms with van der Waals surface area (Å²) < 4.78 is 40.4. The zero-order valence-electron chi connectivity index (χ0n) is 16.7. The van der Waals surface area contributed by atoms with Crippen LogP contribution in [0.3, 0.4) is 0 Å². The van der Waals surface area contributed by atoms with Crippen LogP contribution in [0.15, 0.2) is 42.5 Å². The molecule has 1 heterocycles. The lowest BCUT2D eigenvalue weighted by Crippen LogP contribution is -2.49. The average molecular weight is 431 g/mol. The van der Waals surface area contributed by atoms with Gasteiger partial charge in [0.1, 0.15) is 5.54 Å². The predicted octanol–water partition coefficient (Wildman–Crippen LogP) is 6.26. The van der Waals surface area contributed by atoms with Crippen molar-refractivity contribution in [1.82, 2.24) is 0 Å². The SMILES string of the molecule is [C-]#[N+]c1ccc(N2C(=O)C(CC)(CC)N(c3ccc(C)cc3)C2=S)cc1C(F)(F)F. The van der Waals surface area contributed by atoms with E-state index in [-0.39, 0.29) is 16.7 Å². The highest BCUT2D eigenvalue weighted by Crippen LogP contribution is 2.43. The van der Waals surface area contributed by atoms with E-state index in [2.05, 4.69) is 4.85 Å². The van der Waals surface area contributed by atoms with Gasteiger partial charge in [0, 0.05) is 11.4 Å². The van der Waals surface area contributed by atoms with Crippen LogP contribution < -0.4 is 9.80 Å². The third-order valence-corrected chi connectivity index (χ3v) is 5.90. The Bertz CT molecular complexity index is 1040. The summed E-state index contributed by atoms with van der Waals surface area (Å²) in [6.45, 7) is 12.7. The quantitative estimate of drug-likeness (QED) is 0.422. The zero-order chi connectivity index (χ0) is 22.3. The Hall–Kier alpha value is -2.92. The molecule has 0 N–H and O–H groups in total. The summed E-state index contributed by atoms with van der Waals surface area (Å²) in [4.78, 5) is 19.4. The van der Waals surface area contributed by atoms with Gasteiger partial charge in [-0.2, -0.15) is 13.2 Å². The van der Waals surface area contributed by atoms with E-state index >= 15 is 0 Å². The van der Waals surface area contributed by atoms with Crippen LogP contribution in [-0.4, -0.2) is 16.6 Å². The lowest BCUT2D eigenvalue weighted by Gasteiger charge is -2.34. The van der Waals surface area contributed by atoms with Crippen molar-refractivity contribution in [3.8, 4) is 0 Å². The molecule has 2 aromatic carbocycles. The number of alkyl halides is 3. The summed E-state index contributed by atoms with van der Waals surface area (Å²) in [7, 11) is 0. The van der Waals surface area contributed by atoms with Crippen LogP contribution in [0.2, 0.25) is 0 Å². The summed E-state index contributed by atoms with van der Waals surface area (Å²) in [5.74, 6) is -0.373. The Morgan fingerprint density at radius 3 is 2.13 bits per heavy atom. The summed E-state index contributed by atoms with van der Waals surface area (Å²) in [6, 6.07) is 10.7. The van der Waals surface area contributed by atoms with Crippen molar-refractivity contribution in [3.63, 3.8) is 0 Å². The van der Waals surface area contributed by atoms with Crippen LogP contribution in [-0.2, 0) is 11.0 Å². The molecular weight excluding hydrogens is 411 g/mol. The molecule has 0 aromatic heterocycles. The van der Waals surface area contributed by atoms with Crippen molar-refractivity contribution in [3.05, 3.63) is 65.0 Å². The molecule has 2 aromatic rings. The number of hydrogen-bond acceptors (Lipinski definition) is 2. The van der Waals surface area contributed by atoms with Gasteiger partial charge in [0.25, 0.3) is 5.91 Å². The monoisotopic (exact) mass is 431 g/mol. The maximum atomic E-state index is 13.5. The summed E-state index contributed by atoms with van der Waals surface area (Å²) in [5, 5.41) is 0.122. The van der Waals surface area contributed by atoms with Gasteiger partial charge in [0.15, 0.2) is 10.8 Å². The predicted molar refractivity (Wildman–Crippen MR) is 115 cm³/mol. The molecule has 156 valence electrons. The van der Waals surface area contributed by atoms with Gasteiger partial charge in [-0.1, -0.05) is 37.6 Å².